The Morgan fingerprint density at radius 2 is 1.55 bits per heavy atom. The molecule has 96 valence electrons. The molecule has 20 heavy (non-hydrogen) atoms. The Bertz CT molecular complexity index is 791. The minimum atomic E-state index is -0.607. The van der Waals surface area contributed by atoms with E-state index in [1.807, 2.05) is 31.2 Å². The van der Waals surface area contributed by atoms with Crippen LogP contribution in [0.3, 0.4) is 0 Å². The van der Waals surface area contributed by atoms with Crippen molar-refractivity contribution in [1.29, 1.82) is 0 Å². The standard InChI is InChI=1S/C17H10O3/c1-11-3-2-4-12(9-11)5-6-13-7-8-14-15(10-13)17(19)20-16(14)18/h2-4,7-10H,1H3. The Hall–Kier alpha value is -2.86. The van der Waals surface area contributed by atoms with Crippen molar-refractivity contribution in [2.45, 2.75) is 6.92 Å². The van der Waals surface area contributed by atoms with Gasteiger partial charge in [0.1, 0.15) is 0 Å². The molecule has 2 aromatic carbocycles. The van der Waals surface area contributed by atoms with Crippen LogP contribution in [0.15, 0.2) is 42.5 Å². The number of hydrogen-bond donors (Lipinski definition) is 0. The van der Waals surface area contributed by atoms with Crippen molar-refractivity contribution < 1.29 is 14.3 Å². The Kier molecular flexibility index (Phi) is 2.85. The molecule has 0 radical (unpaired) electrons. The van der Waals surface area contributed by atoms with Crippen LogP contribution in [0.2, 0.25) is 0 Å². The number of benzene rings is 2. The van der Waals surface area contributed by atoms with Crippen LogP contribution >= 0.6 is 0 Å². The molecule has 0 saturated carbocycles. The zero-order valence-electron chi connectivity index (χ0n) is 10.8. The maximum atomic E-state index is 11.5. The Morgan fingerprint density at radius 3 is 2.30 bits per heavy atom. The number of cyclic esters (lactones) is 2. The maximum absolute atomic E-state index is 11.5. The summed E-state index contributed by atoms with van der Waals surface area (Å²) in [5.74, 6) is 4.81. The van der Waals surface area contributed by atoms with Gasteiger partial charge in [-0.25, -0.2) is 9.59 Å². The van der Waals surface area contributed by atoms with Crippen molar-refractivity contribution in [3.05, 3.63) is 70.3 Å². The summed E-state index contributed by atoms with van der Waals surface area (Å²) in [7, 11) is 0. The third-order valence-electron chi connectivity index (χ3n) is 3.01. The summed E-state index contributed by atoms with van der Waals surface area (Å²) in [5, 5.41) is 0. The van der Waals surface area contributed by atoms with Crippen molar-refractivity contribution in [1.82, 2.24) is 0 Å². The zero-order valence-corrected chi connectivity index (χ0v) is 10.8. The van der Waals surface area contributed by atoms with Gasteiger partial charge in [-0.05, 0) is 42.8 Å². The monoisotopic (exact) mass is 262 g/mol. The van der Waals surface area contributed by atoms with E-state index >= 15 is 0 Å². The predicted octanol–water partition coefficient (Wildman–Crippen LogP) is 2.71. The smallest absolute Gasteiger partial charge is 0.346 e. The molecule has 0 atom stereocenters. The van der Waals surface area contributed by atoms with E-state index in [-0.39, 0.29) is 5.56 Å². The normalized spacial score (nSPS) is 12.4. The quantitative estimate of drug-likeness (QED) is 0.416. The van der Waals surface area contributed by atoms with E-state index in [0.717, 1.165) is 11.1 Å². The van der Waals surface area contributed by atoms with Gasteiger partial charge in [0.25, 0.3) is 0 Å². The van der Waals surface area contributed by atoms with Crippen molar-refractivity contribution in [2.24, 2.45) is 0 Å². The van der Waals surface area contributed by atoms with E-state index in [1.165, 1.54) is 0 Å². The molecule has 1 aliphatic rings. The molecule has 0 saturated heterocycles. The molecule has 0 amide bonds. The topological polar surface area (TPSA) is 43.4 Å². The number of fused-ring (bicyclic) bond motifs is 1. The fourth-order valence-corrected chi connectivity index (χ4v) is 2.03. The molecule has 0 spiro atoms. The third-order valence-corrected chi connectivity index (χ3v) is 3.01. The highest BCUT2D eigenvalue weighted by Gasteiger charge is 2.29. The first-order valence-electron chi connectivity index (χ1n) is 6.13. The molecule has 0 fully saturated rings. The number of ether oxygens (including phenoxy) is 1. The first-order valence-corrected chi connectivity index (χ1v) is 6.13. The zero-order chi connectivity index (χ0) is 14.1. The minimum Gasteiger partial charge on any atom is -0.386 e. The minimum absolute atomic E-state index is 0.283. The molecular formula is C17H10O3. The highest BCUT2D eigenvalue weighted by molar-refractivity contribution is 6.14. The van der Waals surface area contributed by atoms with Crippen molar-refractivity contribution in [3.8, 4) is 11.8 Å². The van der Waals surface area contributed by atoms with Gasteiger partial charge in [-0.1, -0.05) is 24.0 Å². The lowest BCUT2D eigenvalue weighted by Gasteiger charge is -1.94. The largest absolute Gasteiger partial charge is 0.386 e. The average molecular weight is 262 g/mol. The molecule has 0 bridgehead atoms. The second kappa shape index (κ2) is 4.67. The molecule has 0 aliphatic carbocycles. The van der Waals surface area contributed by atoms with Crippen LogP contribution < -0.4 is 0 Å². The fraction of sp³-hybridized carbons (Fsp3) is 0.0588. The van der Waals surface area contributed by atoms with Crippen LogP contribution in [-0.2, 0) is 4.74 Å². The van der Waals surface area contributed by atoms with E-state index in [9.17, 15) is 9.59 Å². The lowest BCUT2D eigenvalue weighted by atomic mass is 10.1. The number of hydrogen-bond acceptors (Lipinski definition) is 3. The molecular weight excluding hydrogens is 252 g/mol. The first-order chi connectivity index (χ1) is 9.63. The summed E-state index contributed by atoms with van der Waals surface area (Å²) in [4.78, 5) is 22.8. The Labute approximate surface area is 116 Å². The highest BCUT2D eigenvalue weighted by Crippen LogP contribution is 2.20. The summed E-state index contributed by atoms with van der Waals surface area (Å²) < 4.78 is 4.54. The van der Waals surface area contributed by atoms with Crippen molar-refractivity contribution in [3.63, 3.8) is 0 Å². The summed E-state index contributed by atoms with van der Waals surface area (Å²) in [5.41, 5.74) is 3.31. The predicted molar refractivity (Wildman–Crippen MR) is 73.3 cm³/mol. The number of rotatable bonds is 0. The van der Waals surface area contributed by atoms with Gasteiger partial charge in [-0.15, -0.1) is 0 Å². The van der Waals surface area contributed by atoms with Crippen LogP contribution in [0, 0.1) is 18.8 Å². The first kappa shape index (κ1) is 12.2. The molecule has 3 heteroatoms. The van der Waals surface area contributed by atoms with Gasteiger partial charge in [-0.2, -0.15) is 0 Å². The second-order valence-corrected chi connectivity index (χ2v) is 4.56. The molecule has 0 unspecified atom stereocenters. The lowest BCUT2D eigenvalue weighted by molar-refractivity contribution is 0.0444. The van der Waals surface area contributed by atoms with Gasteiger partial charge in [-0.3, -0.25) is 0 Å². The molecule has 0 N–H and O–H groups in total. The molecule has 0 aromatic heterocycles. The van der Waals surface area contributed by atoms with E-state index in [2.05, 4.69) is 16.6 Å². The van der Waals surface area contributed by atoms with Crippen LogP contribution in [0.5, 0.6) is 0 Å². The lowest BCUT2D eigenvalue weighted by Crippen LogP contribution is -1.96. The molecule has 3 rings (SSSR count). The van der Waals surface area contributed by atoms with E-state index in [1.54, 1.807) is 18.2 Å². The number of carbonyl (C=O) groups is 2. The maximum Gasteiger partial charge on any atom is 0.346 e. The third kappa shape index (κ3) is 2.19. The summed E-state index contributed by atoms with van der Waals surface area (Å²) in [6, 6.07) is 12.7. The van der Waals surface area contributed by atoms with Crippen LogP contribution in [0.4, 0.5) is 0 Å². The van der Waals surface area contributed by atoms with Gasteiger partial charge in [0.05, 0.1) is 11.1 Å². The summed E-state index contributed by atoms with van der Waals surface area (Å²) >= 11 is 0. The van der Waals surface area contributed by atoms with Gasteiger partial charge < -0.3 is 4.74 Å². The van der Waals surface area contributed by atoms with Crippen LogP contribution in [0.25, 0.3) is 0 Å². The van der Waals surface area contributed by atoms with Crippen molar-refractivity contribution >= 4 is 11.9 Å². The van der Waals surface area contributed by atoms with Crippen LogP contribution in [0.1, 0.15) is 37.4 Å². The Balaban J connectivity index is 1.96. The fourth-order valence-electron chi connectivity index (χ4n) is 2.03. The molecule has 2 aromatic rings. The van der Waals surface area contributed by atoms with Crippen molar-refractivity contribution in [2.75, 3.05) is 0 Å². The number of esters is 2. The summed E-state index contributed by atoms with van der Waals surface area (Å²) in [6.07, 6.45) is 0. The van der Waals surface area contributed by atoms with E-state index in [0.29, 0.717) is 11.1 Å². The van der Waals surface area contributed by atoms with Gasteiger partial charge in [0, 0.05) is 11.1 Å². The molecule has 3 nitrogen and oxygen atoms in total. The van der Waals surface area contributed by atoms with E-state index in [4.69, 9.17) is 0 Å². The second-order valence-electron chi connectivity index (χ2n) is 4.56. The Morgan fingerprint density at radius 1 is 0.850 bits per heavy atom. The van der Waals surface area contributed by atoms with E-state index < -0.39 is 11.9 Å². The average Bonchev–Trinajstić information content (AvgIpc) is 2.72. The number of aryl methyl sites for hydroxylation is 1. The summed E-state index contributed by atoms with van der Waals surface area (Å²) in [6.45, 7) is 2.00. The highest BCUT2D eigenvalue weighted by atomic mass is 16.6. The molecule has 1 heterocycles. The van der Waals surface area contributed by atoms with Gasteiger partial charge >= 0.3 is 11.9 Å². The van der Waals surface area contributed by atoms with Gasteiger partial charge in [0.15, 0.2) is 0 Å². The SMILES string of the molecule is Cc1cccc(C#Cc2ccc3c(c2)C(=O)OC3=O)c1. The van der Waals surface area contributed by atoms with Crippen LogP contribution in [-0.4, -0.2) is 11.9 Å². The number of carbonyl (C=O) groups excluding carboxylic acids is 2. The molecule has 1 aliphatic heterocycles. The van der Waals surface area contributed by atoms with Gasteiger partial charge in [0.2, 0.25) is 0 Å².